The van der Waals surface area contributed by atoms with E-state index in [1.807, 2.05) is 32.9 Å². The molecule has 0 heterocycles. The second-order valence-corrected chi connectivity index (χ2v) is 10.1. The van der Waals surface area contributed by atoms with Gasteiger partial charge in [-0.25, -0.2) is 8.42 Å². The van der Waals surface area contributed by atoms with Crippen LogP contribution in [0.25, 0.3) is 0 Å². The zero-order valence-electron chi connectivity index (χ0n) is 19.4. The van der Waals surface area contributed by atoms with E-state index in [9.17, 15) is 26.4 Å². The second kappa shape index (κ2) is 10.0. The minimum Gasteiger partial charge on any atom is -0.496 e. The maximum Gasteiger partial charge on any atom is 0.416 e. The first-order chi connectivity index (χ1) is 15.1. The fraction of sp³-hybridized carbons (Fsp3) is 0.435. The van der Waals surface area contributed by atoms with Crippen LogP contribution in [0.15, 0.2) is 36.4 Å². The van der Waals surface area contributed by atoms with Gasteiger partial charge in [0, 0.05) is 0 Å². The zero-order valence-corrected chi connectivity index (χ0v) is 20.3. The average molecular weight is 487 g/mol. The number of ether oxygens (including phenoxy) is 1. The standard InChI is InChI=1S/C23H29F3N2O4S/c1-14(2)19-12-20(15(3)10-21(19)32-5)16(4)27-22(29)13-28(33(6,30)31)18-9-7-8-17(11-18)23(24,25)26/h7-12,14,16H,13H2,1-6H3,(H,27,29)/t16-/m0/s1. The van der Waals surface area contributed by atoms with E-state index in [-0.39, 0.29) is 11.6 Å². The van der Waals surface area contributed by atoms with Crippen molar-refractivity contribution in [1.29, 1.82) is 0 Å². The van der Waals surface area contributed by atoms with Crippen molar-refractivity contribution in [3.63, 3.8) is 0 Å². The number of alkyl halides is 3. The highest BCUT2D eigenvalue weighted by atomic mass is 32.2. The molecule has 0 radical (unpaired) electrons. The third-order valence-corrected chi connectivity index (χ3v) is 6.37. The van der Waals surface area contributed by atoms with E-state index in [1.165, 1.54) is 6.07 Å². The quantitative estimate of drug-likeness (QED) is 0.582. The number of amides is 1. The van der Waals surface area contributed by atoms with Crippen molar-refractivity contribution < 1.29 is 31.1 Å². The Morgan fingerprint density at radius 2 is 1.76 bits per heavy atom. The van der Waals surface area contributed by atoms with Crippen LogP contribution in [0.5, 0.6) is 5.75 Å². The van der Waals surface area contributed by atoms with Crippen molar-refractivity contribution in [2.24, 2.45) is 0 Å². The summed E-state index contributed by atoms with van der Waals surface area (Å²) in [5.74, 6) is 0.257. The molecule has 2 aromatic rings. The fourth-order valence-electron chi connectivity index (χ4n) is 3.54. The first-order valence-corrected chi connectivity index (χ1v) is 12.1. The smallest absolute Gasteiger partial charge is 0.416 e. The SMILES string of the molecule is COc1cc(C)c([C@H](C)NC(=O)CN(c2cccc(C(F)(F)F)c2)S(C)(=O)=O)cc1C(C)C. The Morgan fingerprint density at radius 1 is 1.12 bits per heavy atom. The van der Waals surface area contributed by atoms with Crippen molar-refractivity contribution in [2.75, 3.05) is 24.2 Å². The summed E-state index contributed by atoms with van der Waals surface area (Å²) in [6.45, 7) is 7.00. The van der Waals surface area contributed by atoms with Crippen LogP contribution in [0.2, 0.25) is 0 Å². The molecule has 1 atom stereocenters. The summed E-state index contributed by atoms with van der Waals surface area (Å²) in [4.78, 5) is 12.7. The minimum atomic E-state index is -4.64. The van der Waals surface area contributed by atoms with Gasteiger partial charge >= 0.3 is 6.18 Å². The Hall–Kier alpha value is -2.75. The highest BCUT2D eigenvalue weighted by molar-refractivity contribution is 7.92. The van der Waals surface area contributed by atoms with Crippen LogP contribution in [-0.4, -0.2) is 34.2 Å². The molecule has 0 saturated heterocycles. The number of nitrogens with one attached hydrogen (secondary N) is 1. The molecule has 0 aliphatic rings. The molecule has 182 valence electrons. The highest BCUT2D eigenvalue weighted by Crippen LogP contribution is 2.33. The lowest BCUT2D eigenvalue weighted by molar-refractivity contribution is -0.137. The van der Waals surface area contributed by atoms with Gasteiger partial charge in [-0.3, -0.25) is 9.10 Å². The topological polar surface area (TPSA) is 75.7 Å². The van der Waals surface area contributed by atoms with Crippen molar-refractivity contribution in [1.82, 2.24) is 5.32 Å². The van der Waals surface area contributed by atoms with Gasteiger partial charge in [0.15, 0.2) is 0 Å². The van der Waals surface area contributed by atoms with Crippen LogP contribution in [0, 0.1) is 6.92 Å². The van der Waals surface area contributed by atoms with E-state index >= 15 is 0 Å². The molecule has 0 aromatic heterocycles. The van der Waals surface area contributed by atoms with Crippen molar-refractivity contribution >= 4 is 21.6 Å². The van der Waals surface area contributed by atoms with E-state index < -0.39 is 40.3 Å². The zero-order chi connectivity index (χ0) is 25.1. The Kier molecular flexibility index (Phi) is 8.05. The molecule has 0 unspecified atom stereocenters. The van der Waals surface area contributed by atoms with Crippen molar-refractivity contribution in [2.45, 2.75) is 45.8 Å². The Morgan fingerprint density at radius 3 is 2.27 bits per heavy atom. The number of sulfonamides is 1. The lowest BCUT2D eigenvalue weighted by atomic mass is 9.93. The number of hydrogen-bond donors (Lipinski definition) is 1. The van der Waals surface area contributed by atoms with Gasteiger partial charge in [-0.1, -0.05) is 19.9 Å². The Balaban J connectivity index is 2.30. The normalized spacial score (nSPS) is 13.0. The largest absolute Gasteiger partial charge is 0.496 e. The van der Waals surface area contributed by atoms with Gasteiger partial charge in [0.2, 0.25) is 15.9 Å². The van der Waals surface area contributed by atoms with E-state index in [0.29, 0.717) is 10.4 Å². The highest BCUT2D eigenvalue weighted by Gasteiger charge is 2.32. The number of hydrogen-bond acceptors (Lipinski definition) is 4. The van der Waals surface area contributed by atoms with Gasteiger partial charge < -0.3 is 10.1 Å². The molecule has 0 fully saturated rings. The summed E-state index contributed by atoms with van der Waals surface area (Å²) in [5, 5.41) is 2.75. The van der Waals surface area contributed by atoms with Crippen LogP contribution < -0.4 is 14.4 Å². The number of methoxy groups -OCH3 is 1. The van der Waals surface area contributed by atoms with E-state index in [0.717, 1.165) is 40.8 Å². The van der Waals surface area contributed by atoms with E-state index in [4.69, 9.17) is 4.74 Å². The van der Waals surface area contributed by atoms with Crippen LogP contribution >= 0.6 is 0 Å². The van der Waals surface area contributed by atoms with Crippen LogP contribution in [-0.2, 0) is 21.0 Å². The molecule has 0 bridgehead atoms. The average Bonchev–Trinajstić information content (AvgIpc) is 2.70. The number of carbonyl (C=O) groups excluding carboxylic acids is 1. The first-order valence-electron chi connectivity index (χ1n) is 10.3. The number of aryl methyl sites for hydroxylation is 1. The monoisotopic (exact) mass is 486 g/mol. The Bertz CT molecular complexity index is 1120. The lowest BCUT2D eigenvalue weighted by Crippen LogP contribution is -2.41. The molecular weight excluding hydrogens is 457 g/mol. The van der Waals surface area contributed by atoms with Crippen LogP contribution in [0.1, 0.15) is 55.0 Å². The third-order valence-electron chi connectivity index (χ3n) is 5.23. The van der Waals surface area contributed by atoms with Gasteiger partial charge in [0.05, 0.1) is 30.7 Å². The molecule has 6 nitrogen and oxygen atoms in total. The summed E-state index contributed by atoms with van der Waals surface area (Å²) < 4.78 is 69.9. The van der Waals surface area contributed by atoms with Gasteiger partial charge in [-0.05, 0) is 66.8 Å². The summed E-state index contributed by atoms with van der Waals surface area (Å²) in [6, 6.07) is 7.21. The third kappa shape index (κ3) is 6.63. The molecule has 0 aliphatic heterocycles. The number of nitrogens with zero attached hydrogens (tertiary/aromatic N) is 1. The fourth-order valence-corrected chi connectivity index (χ4v) is 4.39. The molecule has 0 aliphatic carbocycles. The molecule has 0 saturated carbocycles. The predicted octanol–water partition coefficient (Wildman–Crippen LogP) is 4.79. The second-order valence-electron chi connectivity index (χ2n) is 8.21. The van der Waals surface area contributed by atoms with Gasteiger partial charge in [-0.2, -0.15) is 13.2 Å². The molecule has 0 spiro atoms. The number of rotatable bonds is 8. The summed E-state index contributed by atoms with van der Waals surface area (Å²) >= 11 is 0. The van der Waals surface area contributed by atoms with Gasteiger partial charge in [0.1, 0.15) is 12.3 Å². The molecular formula is C23H29F3N2O4S. The molecule has 2 aromatic carbocycles. The van der Waals surface area contributed by atoms with Crippen LogP contribution in [0.3, 0.4) is 0 Å². The number of anilines is 1. The molecule has 10 heteroatoms. The molecule has 1 amide bonds. The summed E-state index contributed by atoms with van der Waals surface area (Å²) in [5.41, 5.74) is 1.43. The number of halogens is 3. The first kappa shape index (κ1) is 26.5. The van der Waals surface area contributed by atoms with Gasteiger partial charge in [-0.15, -0.1) is 0 Å². The number of carbonyl (C=O) groups is 1. The predicted molar refractivity (Wildman–Crippen MR) is 122 cm³/mol. The molecule has 2 rings (SSSR count). The van der Waals surface area contributed by atoms with E-state index in [2.05, 4.69) is 5.32 Å². The number of benzene rings is 2. The lowest BCUT2D eigenvalue weighted by Gasteiger charge is -2.25. The molecule has 33 heavy (non-hydrogen) atoms. The van der Waals surface area contributed by atoms with Crippen LogP contribution in [0.4, 0.5) is 18.9 Å². The maximum absolute atomic E-state index is 13.1. The van der Waals surface area contributed by atoms with Crippen molar-refractivity contribution in [3.8, 4) is 5.75 Å². The van der Waals surface area contributed by atoms with Gasteiger partial charge in [0.25, 0.3) is 0 Å². The van der Waals surface area contributed by atoms with Crippen molar-refractivity contribution in [3.05, 3.63) is 58.7 Å². The molecule has 1 N–H and O–H groups in total. The Labute approximate surface area is 192 Å². The minimum absolute atomic E-state index is 0.170. The summed E-state index contributed by atoms with van der Waals surface area (Å²) in [7, 11) is -2.44. The summed E-state index contributed by atoms with van der Waals surface area (Å²) in [6.07, 6.45) is -3.80. The van der Waals surface area contributed by atoms with E-state index in [1.54, 1.807) is 14.0 Å². The maximum atomic E-state index is 13.1.